The third kappa shape index (κ3) is 2.01. The van der Waals surface area contributed by atoms with E-state index in [1.807, 2.05) is 48.5 Å². The molecule has 3 nitrogen and oxygen atoms in total. The predicted octanol–water partition coefficient (Wildman–Crippen LogP) is 2.70. The van der Waals surface area contributed by atoms with Gasteiger partial charge in [-0.1, -0.05) is 42.5 Å². The second kappa shape index (κ2) is 4.93. The van der Waals surface area contributed by atoms with Crippen molar-refractivity contribution in [1.82, 2.24) is 0 Å². The molecule has 0 aliphatic heterocycles. The molecule has 3 rings (SSSR count). The molecule has 2 aromatic rings. The van der Waals surface area contributed by atoms with Crippen LogP contribution in [-0.4, -0.2) is 18.7 Å². The lowest BCUT2D eigenvalue weighted by Gasteiger charge is -2.20. The summed E-state index contributed by atoms with van der Waals surface area (Å²) < 4.78 is 0. The van der Waals surface area contributed by atoms with Crippen LogP contribution in [0.3, 0.4) is 0 Å². The SMILES string of the molecule is CN(C(=O)C1Cc2ccccc2C1=O)c1ccccc1. The molecule has 1 amide bonds. The zero-order chi connectivity index (χ0) is 14.1. The molecule has 100 valence electrons. The maximum atomic E-state index is 12.5. The van der Waals surface area contributed by atoms with Gasteiger partial charge in [0.15, 0.2) is 5.78 Å². The Balaban J connectivity index is 1.85. The summed E-state index contributed by atoms with van der Waals surface area (Å²) in [6.07, 6.45) is 0.505. The van der Waals surface area contributed by atoms with E-state index in [-0.39, 0.29) is 11.7 Å². The van der Waals surface area contributed by atoms with Gasteiger partial charge in [-0.25, -0.2) is 0 Å². The van der Waals surface area contributed by atoms with E-state index in [0.717, 1.165) is 11.3 Å². The van der Waals surface area contributed by atoms with Crippen molar-refractivity contribution in [3.05, 3.63) is 65.7 Å². The van der Waals surface area contributed by atoms with Crippen molar-refractivity contribution in [2.24, 2.45) is 5.92 Å². The first-order chi connectivity index (χ1) is 9.68. The summed E-state index contributed by atoms with van der Waals surface area (Å²) in [5.41, 5.74) is 2.46. The van der Waals surface area contributed by atoms with E-state index in [1.165, 1.54) is 0 Å². The minimum atomic E-state index is -0.586. The van der Waals surface area contributed by atoms with E-state index in [0.29, 0.717) is 12.0 Å². The zero-order valence-corrected chi connectivity index (χ0v) is 11.2. The Morgan fingerprint density at radius 3 is 2.40 bits per heavy atom. The molecular formula is C17H15NO2. The topological polar surface area (TPSA) is 37.4 Å². The summed E-state index contributed by atoms with van der Waals surface area (Å²) in [5, 5.41) is 0. The molecule has 1 atom stereocenters. The zero-order valence-electron chi connectivity index (χ0n) is 11.2. The Hall–Kier alpha value is -2.42. The Labute approximate surface area is 117 Å². The molecule has 0 saturated carbocycles. The number of hydrogen-bond acceptors (Lipinski definition) is 2. The van der Waals surface area contributed by atoms with Gasteiger partial charge in [-0.3, -0.25) is 9.59 Å². The number of para-hydroxylation sites is 1. The average Bonchev–Trinajstić information content (AvgIpc) is 2.84. The van der Waals surface area contributed by atoms with E-state index in [2.05, 4.69) is 0 Å². The highest BCUT2D eigenvalue weighted by Gasteiger charge is 2.37. The molecular weight excluding hydrogens is 250 g/mol. The van der Waals surface area contributed by atoms with Crippen LogP contribution in [0.2, 0.25) is 0 Å². The molecule has 1 aliphatic rings. The van der Waals surface area contributed by atoms with Gasteiger partial charge in [0, 0.05) is 18.3 Å². The van der Waals surface area contributed by atoms with Crippen molar-refractivity contribution in [2.45, 2.75) is 6.42 Å². The highest BCUT2D eigenvalue weighted by Crippen LogP contribution is 2.28. The van der Waals surface area contributed by atoms with E-state index < -0.39 is 5.92 Å². The van der Waals surface area contributed by atoms with Crippen LogP contribution < -0.4 is 4.90 Å². The fourth-order valence-electron chi connectivity index (χ4n) is 2.65. The Bertz CT molecular complexity index is 664. The lowest BCUT2D eigenvalue weighted by Crippen LogP contribution is -2.35. The molecule has 0 radical (unpaired) electrons. The van der Waals surface area contributed by atoms with E-state index in [1.54, 1.807) is 18.0 Å². The van der Waals surface area contributed by atoms with Gasteiger partial charge < -0.3 is 4.90 Å². The molecule has 1 aliphatic carbocycles. The fourth-order valence-corrected chi connectivity index (χ4v) is 2.65. The van der Waals surface area contributed by atoms with Crippen LogP contribution >= 0.6 is 0 Å². The molecule has 0 fully saturated rings. The van der Waals surface area contributed by atoms with Crippen LogP contribution in [0.15, 0.2) is 54.6 Å². The summed E-state index contributed by atoms with van der Waals surface area (Å²) in [6.45, 7) is 0. The smallest absolute Gasteiger partial charge is 0.238 e. The number of benzene rings is 2. The van der Waals surface area contributed by atoms with Crippen LogP contribution in [0, 0.1) is 5.92 Å². The molecule has 3 heteroatoms. The van der Waals surface area contributed by atoms with E-state index in [4.69, 9.17) is 0 Å². The monoisotopic (exact) mass is 265 g/mol. The second-order valence-electron chi connectivity index (χ2n) is 5.01. The Morgan fingerprint density at radius 2 is 1.70 bits per heavy atom. The van der Waals surface area contributed by atoms with Crippen LogP contribution in [0.1, 0.15) is 15.9 Å². The van der Waals surface area contributed by atoms with Gasteiger partial charge in [0.2, 0.25) is 5.91 Å². The Morgan fingerprint density at radius 1 is 1.05 bits per heavy atom. The highest BCUT2D eigenvalue weighted by molar-refractivity contribution is 6.17. The average molecular weight is 265 g/mol. The maximum Gasteiger partial charge on any atom is 0.238 e. The third-order valence-corrected chi connectivity index (χ3v) is 3.80. The number of nitrogens with zero attached hydrogens (tertiary/aromatic N) is 1. The molecule has 0 bridgehead atoms. The number of Topliss-reactive ketones (excluding diaryl/α,β-unsaturated/α-hetero) is 1. The molecule has 2 aromatic carbocycles. The van der Waals surface area contributed by atoms with Gasteiger partial charge in [0.25, 0.3) is 0 Å². The van der Waals surface area contributed by atoms with Crippen molar-refractivity contribution < 1.29 is 9.59 Å². The van der Waals surface area contributed by atoms with Crippen molar-refractivity contribution in [1.29, 1.82) is 0 Å². The van der Waals surface area contributed by atoms with Crippen molar-refractivity contribution in [3.63, 3.8) is 0 Å². The van der Waals surface area contributed by atoms with Crippen molar-refractivity contribution in [3.8, 4) is 0 Å². The van der Waals surface area contributed by atoms with Gasteiger partial charge in [-0.05, 0) is 24.1 Å². The standard InChI is InChI=1S/C17H15NO2/c1-18(13-8-3-2-4-9-13)17(20)15-11-12-7-5-6-10-14(12)16(15)19/h2-10,15H,11H2,1H3. The first-order valence-corrected chi connectivity index (χ1v) is 6.63. The number of hydrogen-bond donors (Lipinski definition) is 0. The van der Waals surface area contributed by atoms with Gasteiger partial charge in [0.05, 0.1) is 0 Å². The van der Waals surface area contributed by atoms with Gasteiger partial charge in [0.1, 0.15) is 5.92 Å². The summed E-state index contributed by atoms with van der Waals surface area (Å²) in [4.78, 5) is 26.4. The molecule has 0 N–H and O–H groups in total. The number of amides is 1. The number of anilines is 1. The van der Waals surface area contributed by atoms with Gasteiger partial charge >= 0.3 is 0 Å². The first kappa shape index (κ1) is 12.6. The lowest BCUT2D eigenvalue weighted by molar-refractivity contribution is -0.120. The number of rotatable bonds is 2. The number of fused-ring (bicyclic) bond motifs is 1. The van der Waals surface area contributed by atoms with Crippen LogP contribution in [-0.2, 0) is 11.2 Å². The van der Waals surface area contributed by atoms with E-state index >= 15 is 0 Å². The third-order valence-electron chi connectivity index (χ3n) is 3.80. The summed E-state index contributed by atoms with van der Waals surface area (Å²) >= 11 is 0. The van der Waals surface area contributed by atoms with E-state index in [9.17, 15) is 9.59 Å². The number of carbonyl (C=O) groups excluding carboxylic acids is 2. The molecule has 0 saturated heterocycles. The molecule has 20 heavy (non-hydrogen) atoms. The van der Waals surface area contributed by atoms with Gasteiger partial charge in [-0.15, -0.1) is 0 Å². The molecule has 0 heterocycles. The highest BCUT2D eigenvalue weighted by atomic mass is 16.2. The first-order valence-electron chi connectivity index (χ1n) is 6.63. The minimum absolute atomic E-state index is 0.0617. The Kier molecular flexibility index (Phi) is 3.11. The number of ketones is 1. The number of carbonyl (C=O) groups is 2. The molecule has 0 spiro atoms. The molecule has 1 unspecified atom stereocenters. The summed E-state index contributed by atoms with van der Waals surface area (Å²) in [7, 11) is 1.72. The lowest BCUT2D eigenvalue weighted by atomic mass is 10.0. The van der Waals surface area contributed by atoms with Crippen molar-refractivity contribution in [2.75, 3.05) is 11.9 Å². The summed E-state index contributed by atoms with van der Waals surface area (Å²) in [5.74, 6) is -0.789. The van der Waals surface area contributed by atoms with Gasteiger partial charge in [-0.2, -0.15) is 0 Å². The minimum Gasteiger partial charge on any atom is -0.315 e. The fraction of sp³-hybridized carbons (Fsp3) is 0.176. The maximum absolute atomic E-state index is 12.5. The normalized spacial score (nSPS) is 16.9. The van der Waals surface area contributed by atoms with Crippen LogP contribution in [0.25, 0.3) is 0 Å². The van der Waals surface area contributed by atoms with Crippen LogP contribution in [0.5, 0.6) is 0 Å². The summed E-state index contributed by atoms with van der Waals surface area (Å²) in [6, 6.07) is 16.9. The second-order valence-corrected chi connectivity index (χ2v) is 5.01. The predicted molar refractivity (Wildman–Crippen MR) is 77.8 cm³/mol. The quantitative estimate of drug-likeness (QED) is 0.783. The molecule has 0 aromatic heterocycles. The largest absolute Gasteiger partial charge is 0.315 e. The van der Waals surface area contributed by atoms with Crippen molar-refractivity contribution >= 4 is 17.4 Å². The van der Waals surface area contributed by atoms with Crippen LogP contribution in [0.4, 0.5) is 5.69 Å².